The van der Waals surface area contributed by atoms with E-state index in [2.05, 4.69) is 5.32 Å². The zero-order valence-electron chi connectivity index (χ0n) is 11.6. The summed E-state index contributed by atoms with van der Waals surface area (Å²) < 4.78 is 49.2. The van der Waals surface area contributed by atoms with Crippen molar-refractivity contribution in [3.05, 3.63) is 65.2 Å². The van der Waals surface area contributed by atoms with Gasteiger partial charge >= 0.3 is 0 Å². The molecule has 0 aliphatic heterocycles. The first-order valence-electron chi connectivity index (χ1n) is 6.25. The fourth-order valence-corrected chi connectivity index (χ4v) is 2.76. The Bertz CT molecular complexity index is 743. The summed E-state index contributed by atoms with van der Waals surface area (Å²) in [6.07, 6.45) is 1.13. The highest BCUT2D eigenvalue weighted by Gasteiger charge is 2.15. The van der Waals surface area contributed by atoms with Crippen LogP contribution in [0.4, 0.5) is 8.78 Å². The molecular weight excluding hydrogens is 296 g/mol. The van der Waals surface area contributed by atoms with Crippen LogP contribution in [0.3, 0.4) is 0 Å². The lowest BCUT2D eigenvalue weighted by Gasteiger charge is -2.17. The minimum absolute atomic E-state index is 0.214. The van der Waals surface area contributed by atoms with E-state index < -0.39 is 21.5 Å². The van der Waals surface area contributed by atoms with Crippen LogP contribution in [0.5, 0.6) is 0 Å². The fraction of sp³-hybridized carbons (Fsp3) is 0.200. The quantitative estimate of drug-likeness (QED) is 0.944. The Morgan fingerprint density at radius 2 is 1.52 bits per heavy atom. The van der Waals surface area contributed by atoms with Gasteiger partial charge in [-0.2, -0.15) is 0 Å². The maximum Gasteiger partial charge on any atom is 0.175 e. The van der Waals surface area contributed by atoms with Crippen molar-refractivity contribution in [3.8, 4) is 0 Å². The molecule has 3 nitrogen and oxygen atoms in total. The first kappa shape index (κ1) is 15.6. The van der Waals surface area contributed by atoms with Crippen LogP contribution in [0.25, 0.3) is 0 Å². The largest absolute Gasteiger partial charge is 0.309 e. The van der Waals surface area contributed by atoms with Gasteiger partial charge in [0, 0.05) is 6.26 Å². The van der Waals surface area contributed by atoms with E-state index >= 15 is 0 Å². The van der Waals surface area contributed by atoms with Gasteiger partial charge in [0.2, 0.25) is 0 Å². The maximum absolute atomic E-state index is 13.3. The Balaban J connectivity index is 2.39. The van der Waals surface area contributed by atoms with Crippen molar-refractivity contribution < 1.29 is 17.2 Å². The van der Waals surface area contributed by atoms with Crippen LogP contribution < -0.4 is 5.32 Å². The van der Waals surface area contributed by atoms with Gasteiger partial charge in [0.25, 0.3) is 0 Å². The van der Waals surface area contributed by atoms with Crippen molar-refractivity contribution >= 4 is 9.84 Å². The molecule has 0 aliphatic carbocycles. The van der Waals surface area contributed by atoms with Crippen molar-refractivity contribution in [1.29, 1.82) is 0 Å². The number of nitrogens with one attached hydrogen (secondary N) is 1. The van der Waals surface area contributed by atoms with Crippen molar-refractivity contribution in [1.82, 2.24) is 5.32 Å². The molecule has 0 aromatic heterocycles. The molecule has 0 amide bonds. The van der Waals surface area contributed by atoms with Gasteiger partial charge in [-0.25, -0.2) is 17.2 Å². The molecule has 6 heteroatoms. The highest BCUT2D eigenvalue weighted by Crippen LogP contribution is 2.24. The van der Waals surface area contributed by atoms with Gasteiger partial charge in [-0.05, 0) is 42.4 Å². The van der Waals surface area contributed by atoms with Crippen LogP contribution in [0.2, 0.25) is 0 Å². The maximum atomic E-state index is 13.3. The first-order chi connectivity index (χ1) is 9.82. The minimum atomic E-state index is -3.26. The van der Waals surface area contributed by atoms with Crippen molar-refractivity contribution in [2.75, 3.05) is 13.3 Å². The van der Waals surface area contributed by atoms with E-state index in [4.69, 9.17) is 0 Å². The molecule has 1 N–H and O–H groups in total. The Labute approximate surface area is 122 Å². The second-order valence-corrected chi connectivity index (χ2v) is 6.75. The van der Waals surface area contributed by atoms with Gasteiger partial charge in [-0.15, -0.1) is 0 Å². The van der Waals surface area contributed by atoms with E-state index in [1.165, 1.54) is 18.2 Å². The lowest BCUT2D eigenvalue weighted by molar-refractivity contribution is 0.505. The lowest BCUT2D eigenvalue weighted by Crippen LogP contribution is -2.18. The van der Waals surface area contributed by atoms with Crippen molar-refractivity contribution in [2.45, 2.75) is 10.9 Å². The molecule has 21 heavy (non-hydrogen) atoms. The average Bonchev–Trinajstić information content (AvgIpc) is 2.43. The Kier molecular flexibility index (Phi) is 4.39. The third kappa shape index (κ3) is 3.46. The standard InChI is InChI=1S/C15H15F2NO2S/c1-18-15(11-5-8-13(16)14(17)9-11)10-3-6-12(7-4-10)21(2,19)20/h3-9,15,18H,1-2H3. The Hall–Kier alpha value is -1.79. The van der Waals surface area contributed by atoms with Gasteiger partial charge in [0.05, 0.1) is 10.9 Å². The molecule has 0 aliphatic rings. The molecule has 112 valence electrons. The molecule has 0 saturated heterocycles. The third-order valence-corrected chi connectivity index (χ3v) is 4.34. The molecule has 0 heterocycles. The Morgan fingerprint density at radius 1 is 0.952 bits per heavy atom. The summed E-state index contributed by atoms with van der Waals surface area (Å²) in [5.41, 5.74) is 1.32. The minimum Gasteiger partial charge on any atom is -0.309 e. The molecule has 0 spiro atoms. The van der Waals surface area contributed by atoms with Gasteiger partial charge in [-0.3, -0.25) is 0 Å². The van der Waals surface area contributed by atoms with E-state index in [9.17, 15) is 17.2 Å². The predicted octanol–water partition coefficient (Wildman–Crippen LogP) is 2.68. The summed E-state index contributed by atoms with van der Waals surface area (Å²) in [5.74, 6) is -1.82. The van der Waals surface area contributed by atoms with Crippen LogP contribution in [0.1, 0.15) is 17.2 Å². The smallest absolute Gasteiger partial charge is 0.175 e. The number of rotatable bonds is 4. The van der Waals surface area contributed by atoms with Gasteiger partial charge in [0.1, 0.15) is 0 Å². The van der Waals surface area contributed by atoms with Crippen LogP contribution in [0, 0.1) is 11.6 Å². The van der Waals surface area contributed by atoms with Crippen LogP contribution >= 0.6 is 0 Å². The molecule has 0 fully saturated rings. The third-order valence-electron chi connectivity index (χ3n) is 3.21. The topological polar surface area (TPSA) is 46.2 Å². The summed E-state index contributed by atoms with van der Waals surface area (Å²) >= 11 is 0. The number of halogens is 2. The summed E-state index contributed by atoms with van der Waals surface area (Å²) in [7, 11) is -1.57. The molecule has 1 unspecified atom stereocenters. The van der Waals surface area contributed by atoms with Gasteiger partial charge in [-0.1, -0.05) is 18.2 Å². The second kappa shape index (κ2) is 5.91. The summed E-state index contributed by atoms with van der Waals surface area (Å²) in [4.78, 5) is 0.214. The van der Waals surface area contributed by atoms with Crippen LogP contribution in [-0.2, 0) is 9.84 Å². The lowest BCUT2D eigenvalue weighted by atomic mass is 9.99. The van der Waals surface area contributed by atoms with Crippen molar-refractivity contribution in [3.63, 3.8) is 0 Å². The molecule has 0 saturated carbocycles. The number of hydrogen-bond acceptors (Lipinski definition) is 3. The predicted molar refractivity (Wildman–Crippen MR) is 76.8 cm³/mol. The van der Waals surface area contributed by atoms with Crippen LogP contribution in [-0.4, -0.2) is 21.7 Å². The number of sulfone groups is 1. The monoisotopic (exact) mass is 311 g/mol. The zero-order valence-corrected chi connectivity index (χ0v) is 12.4. The summed E-state index contributed by atoms with van der Waals surface area (Å²) in [6.45, 7) is 0. The van der Waals surface area contributed by atoms with Gasteiger partial charge < -0.3 is 5.32 Å². The molecule has 2 aromatic carbocycles. The normalized spacial score (nSPS) is 13.1. The van der Waals surface area contributed by atoms with E-state index in [0.29, 0.717) is 5.56 Å². The summed E-state index contributed by atoms with van der Waals surface area (Å²) in [6, 6.07) is 9.63. The molecule has 2 aromatic rings. The molecular formula is C15H15F2NO2S. The van der Waals surface area contributed by atoms with Crippen molar-refractivity contribution in [2.24, 2.45) is 0 Å². The van der Waals surface area contributed by atoms with Crippen LogP contribution in [0.15, 0.2) is 47.4 Å². The van der Waals surface area contributed by atoms with Gasteiger partial charge in [0.15, 0.2) is 21.5 Å². The second-order valence-electron chi connectivity index (χ2n) is 4.74. The molecule has 1 atom stereocenters. The molecule has 2 rings (SSSR count). The fourth-order valence-electron chi connectivity index (χ4n) is 2.13. The zero-order chi connectivity index (χ0) is 15.6. The van der Waals surface area contributed by atoms with E-state index in [-0.39, 0.29) is 10.9 Å². The highest BCUT2D eigenvalue weighted by molar-refractivity contribution is 7.90. The Morgan fingerprint density at radius 3 is 2.00 bits per heavy atom. The average molecular weight is 311 g/mol. The van der Waals surface area contributed by atoms with E-state index in [1.807, 2.05) is 0 Å². The first-order valence-corrected chi connectivity index (χ1v) is 8.14. The SMILES string of the molecule is CNC(c1ccc(S(C)(=O)=O)cc1)c1ccc(F)c(F)c1. The highest BCUT2D eigenvalue weighted by atomic mass is 32.2. The molecule has 0 radical (unpaired) electrons. The number of benzene rings is 2. The molecule has 0 bridgehead atoms. The van der Waals surface area contributed by atoms with E-state index in [1.54, 1.807) is 19.2 Å². The summed E-state index contributed by atoms with van der Waals surface area (Å²) in [5, 5.41) is 3.00. The number of hydrogen-bond donors (Lipinski definition) is 1. The van der Waals surface area contributed by atoms with E-state index in [0.717, 1.165) is 24.0 Å².